The summed E-state index contributed by atoms with van der Waals surface area (Å²) in [7, 11) is 0. The number of thiocarbonyl (C=S) groups is 1. The van der Waals surface area contributed by atoms with Gasteiger partial charge >= 0.3 is 0 Å². The van der Waals surface area contributed by atoms with Gasteiger partial charge in [-0.2, -0.15) is 0 Å². The van der Waals surface area contributed by atoms with Crippen molar-refractivity contribution in [1.29, 1.82) is 0 Å². The average Bonchev–Trinajstić information content (AvgIpc) is 2.31. The second kappa shape index (κ2) is 5.10. The lowest BCUT2D eigenvalue weighted by Crippen LogP contribution is -2.10. The Morgan fingerprint density at radius 2 is 1.56 bits per heavy atom. The highest BCUT2D eigenvalue weighted by Crippen LogP contribution is 2.17. The normalized spacial score (nSPS) is 9.81. The molecule has 16 heavy (non-hydrogen) atoms. The lowest BCUT2D eigenvalue weighted by atomic mass is 10.2. The van der Waals surface area contributed by atoms with Gasteiger partial charge in [-0.05, 0) is 18.2 Å². The summed E-state index contributed by atoms with van der Waals surface area (Å²) in [6.45, 7) is 0. The summed E-state index contributed by atoms with van der Waals surface area (Å²) in [5.74, 6) is 0. The van der Waals surface area contributed by atoms with E-state index in [4.69, 9.17) is 23.8 Å². The van der Waals surface area contributed by atoms with Crippen LogP contribution in [0.5, 0.6) is 0 Å². The Hall–Kier alpha value is -1.38. The zero-order valence-corrected chi connectivity index (χ0v) is 10.1. The summed E-state index contributed by atoms with van der Waals surface area (Å²) >= 11 is 11.4. The minimum atomic E-state index is 0.636. The van der Waals surface area contributed by atoms with Crippen LogP contribution in [-0.2, 0) is 0 Å². The molecule has 0 saturated heterocycles. The van der Waals surface area contributed by atoms with Crippen molar-refractivity contribution < 1.29 is 0 Å². The van der Waals surface area contributed by atoms with Crippen LogP contribution in [0.15, 0.2) is 54.6 Å². The first-order valence-electron chi connectivity index (χ1n) is 4.88. The average molecular weight is 248 g/mol. The molecule has 2 rings (SSSR count). The molecule has 0 unspecified atom stereocenters. The van der Waals surface area contributed by atoms with Gasteiger partial charge in [0.15, 0.2) is 0 Å². The second-order valence-electron chi connectivity index (χ2n) is 3.30. The Kier molecular flexibility index (Phi) is 3.54. The quantitative estimate of drug-likeness (QED) is 0.801. The number of para-hydroxylation sites is 1. The summed E-state index contributed by atoms with van der Waals surface area (Å²) in [5.41, 5.74) is 1.82. The number of hydrogen-bond donors (Lipinski definition) is 1. The Morgan fingerprint density at radius 3 is 2.25 bits per heavy atom. The molecule has 2 aromatic rings. The van der Waals surface area contributed by atoms with Gasteiger partial charge in [0.2, 0.25) is 0 Å². The molecule has 1 N–H and O–H groups in total. The largest absolute Gasteiger partial charge is 0.346 e. The highest BCUT2D eigenvalue weighted by Gasteiger charge is 2.04. The van der Waals surface area contributed by atoms with Gasteiger partial charge in [-0.3, -0.25) is 0 Å². The topological polar surface area (TPSA) is 12.0 Å². The van der Waals surface area contributed by atoms with Gasteiger partial charge in [-0.1, -0.05) is 60.2 Å². The molecule has 2 aromatic carbocycles. The molecule has 0 heterocycles. The molecule has 0 atom stereocenters. The van der Waals surface area contributed by atoms with Gasteiger partial charge in [0, 0.05) is 11.3 Å². The molecule has 0 amide bonds. The lowest BCUT2D eigenvalue weighted by molar-refractivity contribution is 1.61. The summed E-state index contributed by atoms with van der Waals surface area (Å²) < 4.78 is 0. The Balaban J connectivity index is 2.19. The van der Waals surface area contributed by atoms with E-state index in [0.717, 1.165) is 11.3 Å². The van der Waals surface area contributed by atoms with Crippen LogP contribution in [0, 0.1) is 0 Å². The molecule has 3 heteroatoms. The Morgan fingerprint density at radius 1 is 0.938 bits per heavy atom. The van der Waals surface area contributed by atoms with E-state index >= 15 is 0 Å². The van der Waals surface area contributed by atoms with Crippen molar-refractivity contribution in [2.75, 3.05) is 5.32 Å². The molecule has 0 fully saturated rings. The van der Waals surface area contributed by atoms with Gasteiger partial charge in [-0.25, -0.2) is 0 Å². The van der Waals surface area contributed by atoms with Crippen LogP contribution < -0.4 is 5.32 Å². The summed E-state index contributed by atoms with van der Waals surface area (Å²) in [5, 5.41) is 3.81. The highest BCUT2D eigenvalue weighted by molar-refractivity contribution is 7.81. The van der Waals surface area contributed by atoms with Crippen molar-refractivity contribution >= 4 is 34.5 Å². The third kappa shape index (κ3) is 2.60. The number of anilines is 1. The molecular formula is C13H10ClNS. The van der Waals surface area contributed by atoms with E-state index in [1.807, 2.05) is 54.6 Å². The maximum Gasteiger partial charge on any atom is 0.112 e. The predicted octanol–water partition coefficient (Wildman–Crippen LogP) is 4.13. The maximum absolute atomic E-state index is 6.06. The summed E-state index contributed by atoms with van der Waals surface area (Å²) in [6.07, 6.45) is 0. The first kappa shape index (κ1) is 11.1. The first-order chi connectivity index (χ1) is 7.77. The van der Waals surface area contributed by atoms with Crippen molar-refractivity contribution in [3.8, 4) is 0 Å². The predicted molar refractivity (Wildman–Crippen MR) is 73.2 cm³/mol. The van der Waals surface area contributed by atoms with Gasteiger partial charge in [-0.15, -0.1) is 0 Å². The first-order valence-corrected chi connectivity index (χ1v) is 5.67. The van der Waals surface area contributed by atoms with E-state index in [0.29, 0.717) is 10.0 Å². The van der Waals surface area contributed by atoms with Crippen LogP contribution in [0.2, 0.25) is 5.02 Å². The van der Waals surface area contributed by atoms with Crippen molar-refractivity contribution in [2.24, 2.45) is 0 Å². The van der Waals surface area contributed by atoms with Crippen molar-refractivity contribution in [3.05, 3.63) is 65.2 Å². The fourth-order valence-corrected chi connectivity index (χ4v) is 1.95. The van der Waals surface area contributed by atoms with Crippen LogP contribution in [-0.4, -0.2) is 4.99 Å². The van der Waals surface area contributed by atoms with Crippen LogP contribution in [0.3, 0.4) is 0 Å². The van der Waals surface area contributed by atoms with Crippen LogP contribution in [0.4, 0.5) is 5.69 Å². The van der Waals surface area contributed by atoms with Crippen molar-refractivity contribution in [2.45, 2.75) is 0 Å². The molecule has 1 nitrogen and oxygen atoms in total. The monoisotopic (exact) mass is 247 g/mol. The maximum atomic E-state index is 6.06. The SMILES string of the molecule is S=C(Nc1ccccc1)c1ccccc1Cl. The van der Waals surface area contributed by atoms with Crippen LogP contribution in [0.1, 0.15) is 5.56 Å². The van der Waals surface area contributed by atoms with Gasteiger partial charge in [0.1, 0.15) is 4.99 Å². The zero-order valence-electron chi connectivity index (χ0n) is 8.48. The summed E-state index contributed by atoms with van der Waals surface area (Å²) in [6, 6.07) is 17.3. The molecule has 0 spiro atoms. The van der Waals surface area contributed by atoms with Gasteiger partial charge in [0.05, 0.1) is 5.02 Å². The van der Waals surface area contributed by atoms with E-state index in [2.05, 4.69) is 5.32 Å². The molecule has 0 bridgehead atoms. The van der Waals surface area contributed by atoms with E-state index in [-0.39, 0.29) is 0 Å². The van der Waals surface area contributed by atoms with E-state index < -0.39 is 0 Å². The van der Waals surface area contributed by atoms with E-state index in [1.54, 1.807) is 0 Å². The minimum Gasteiger partial charge on any atom is -0.346 e. The summed E-state index contributed by atoms with van der Waals surface area (Å²) in [4.78, 5) is 0.636. The Labute approximate surface area is 105 Å². The van der Waals surface area contributed by atoms with Crippen LogP contribution >= 0.6 is 23.8 Å². The van der Waals surface area contributed by atoms with Gasteiger partial charge in [0.25, 0.3) is 0 Å². The molecule has 0 aliphatic heterocycles. The number of hydrogen-bond acceptors (Lipinski definition) is 1. The fraction of sp³-hybridized carbons (Fsp3) is 0. The van der Waals surface area contributed by atoms with Crippen molar-refractivity contribution in [1.82, 2.24) is 0 Å². The smallest absolute Gasteiger partial charge is 0.112 e. The molecular weight excluding hydrogens is 238 g/mol. The Bertz CT molecular complexity index is 496. The van der Waals surface area contributed by atoms with Gasteiger partial charge < -0.3 is 5.32 Å². The minimum absolute atomic E-state index is 0.636. The van der Waals surface area contributed by atoms with Crippen LogP contribution in [0.25, 0.3) is 0 Å². The van der Waals surface area contributed by atoms with E-state index in [9.17, 15) is 0 Å². The number of halogens is 1. The lowest BCUT2D eigenvalue weighted by Gasteiger charge is -2.08. The molecule has 80 valence electrons. The van der Waals surface area contributed by atoms with Crippen molar-refractivity contribution in [3.63, 3.8) is 0 Å². The molecule has 0 aliphatic rings. The third-order valence-corrected chi connectivity index (χ3v) is 2.80. The number of rotatable bonds is 2. The molecule has 0 aromatic heterocycles. The third-order valence-electron chi connectivity index (χ3n) is 2.15. The standard InChI is InChI=1S/C13H10ClNS/c14-12-9-5-4-8-11(12)13(16)15-10-6-2-1-3-7-10/h1-9H,(H,15,16). The molecule has 0 radical (unpaired) electrons. The number of benzene rings is 2. The zero-order chi connectivity index (χ0) is 11.4. The van der Waals surface area contributed by atoms with E-state index in [1.165, 1.54) is 0 Å². The number of nitrogens with one attached hydrogen (secondary N) is 1. The fourth-order valence-electron chi connectivity index (χ4n) is 1.37. The molecule has 0 aliphatic carbocycles. The highest BCUT2D eigenvalue weighted by atomic mass is 35.5. The second-order valence-corrected chi connectivity index (χ2v) is 4.12. The molecule has 0 saturated carbocycles.